The molecule has 0 unspecified atom stereocenters. The van der Waals surface area contributed by atoms with Gasteiger partial charge >= 0.3 is 11.9 Å². The molecule has 21 heavy (non-hydrogen) atoms. The Balaban J connectivity index is 2.61. The number of esters is 2. The van der Waals surface area contributed by atoms with E-state index in [9.17, 15) is 14.4 Å². The number of carbonyl (C=O) groups is 3. The summed E-state index contributed by atoms with van der Waals surface area (Å²) in [6, 6.07) is -1.04. The summed E-state index contributed by atoms with van der Waals surface area (Å²) in [5.41, 5.74) is -0.652. The zero-order valence-electron chi connectivity index (χ0n) is 12.9. The second-order valence-corrected chi connectivity index (χ2v) is 5.94. The lowest BCUT2D eigenvalue weighted by Crippen LogP contribution is -2.46. The molecule has 1 fully saturated rings. The Hall–Kier alpha value is -1.63. The Kier molecular flexibility index (Phi) is 6.14. The Morgan fingerprint density at radius 1 is 1.33 bits per heavy atom. The summed E-state index contributed by atoms with van der Waals surface area (Å²) in [4.78, 5) is 35.5. The average molecular weight is 301 g/mol. The molecule has 1 aliphatic rings. The molecule has 0 aromatic rings. The minimum absolute atomic E-state index is 0.261. The van der Waals surface area contributed by atoms with E-state index in [0.717, 1.165) is 0 Å². The fourth-order valence-corrected chi connectivity index (χ4v) is 1.92. The third-order valence-electron chi connectivity index (χ3n) is 2.89. The van der Waals surface area contributed by atoms with Crippen molar-refractivity contribution in [3.05, 3.63) is 0 Å². The van der Waals surface area contributed by atoms with Crippen molar-refractivity contribution in [3.8, 4) is 0 Å². The topological polar surface area (TPSA) is 90.9 Å². The SMILES string of the molecule is COC(=O)[C@H](CC(=O)OC(C)(C)C)NC(=O)[C@@H]1CCOC1. The minimum atomic E-state index is -1.04. The van der Waals surface area contributed by atoms with Crippen molar-refractivity contribution in [1.82, 2.24) is 5.32 Å². The van der Waals surface area contributed by atoms with Gasteiger partial charge in [0.25, 0.3) is 0 Å². The van der Waals surface area contributed by atoms with Gasteiger partial charge in [-0.25, -0.2) is 4.79 Å². The third kappa shape index (κ3) is 6.12. The summed E-state index contributed by atoms with van der Waals surface area (Å²) in [6.45, 7) is 6.03. The van der Waals surface area contributed by atoms with Gasteiger partial charge in [0.05, 0.1) is 26.1 Å². The Labute approximate surface area is 124 Å². The van der Waals surface area contributed by atoms with Crippen molar-refractivity contribution in [3.63, 3.8) is 0 Å². The quantitative estimate of drug-likeness (QED) is 0.740. The molecule has 1 amide bonds. The van der Waals surface area contributed by atoms with Crippen molar-refractivity contribution in [2.45, 2.75) is 45.3 Å². The van der Waals surface area contributed by atoms with Gasteiger partial charge in [0.15, 0.2) is 0 Å². The first-order chi connectivity index (χ1) is 9.73. The van der Waals surface area contributed by atoms with E-state index in [1.165, 1.54) is 7.11 Å². The molecule has 0 aromatic carbocycles. The van der Waals surface area contributed by atoms with Crippen LogP contribution >= 0.6 is 0 Å². The maximum absolute atomic E-state index is 12.0. The van der Waals surface area contributed by atoms with Crippen LogP contribution in [-0.2, 0) is 28.6 Å². The molecule has 0 aromatic heterocycles. The van der Waals surface area contributed by atoms with Crippen LogP contribution in [0.1, 0.15) is 33.6 Å². The number of ether oxygens (including phenoxy) is 3. The number of carbonyl (C=O) groups excluding carboxylic acids is 3. The summed E-state index contributed by atoms with van der Waals surface area (Å²) >= 11 is 0. The zero-order chi connectivity index (χ0) is 16.0. The van der Waals surface area contributed by atoms with Crippen molar-refractivity contribution < 1.29 is 28.6 Å². The number of hydrogen-bond donors (Lipinski definition) is 1. The predicted octanol–water partition coefficient (Wildman–Crippen LogP) is 0.413. The second kappa shape index (κ2) is 7.40. The second-order valence-electron chi connectivity index (χ2n) is 5.94. The molecule has 0 spiro atoms. The molecule has 120 valence electrons. The Morgan fingerprint density at radius 3 is 2.48 bits per heavy atom. The lowest BCUT2D eigenvalue weighted by molar-refractivity contribution is -0.159. The summed E-state index contributed by atoms with van der Waals surface area (Å²) in [5.74, 6) is -1.85. The predicted molar refractivity (Wildman–Crippen MR) is 73.3 cm³/mol. The lowest BCUT2D eigenvalue weighted by atomic mass is 10.1. The molecule has 0 bridgehead atoms. The molecular weight excluding hydrogens is 278 g/mol. The number of rotatable bonds is 5. The Bertz CT molecular complexity index is 395. The molecule has 2 atom stereocenters. The van der Waals surface area contributed by atoms with Crippen LogP contribution in [0.3, 0.4) is 0 Å². The van der Waals surface area contributed by atoms with Crippen molar-refractivity contribution in [2.75, 3.05) is 20.3 Å². The molecule has 1 heterocycles. The first-order valence-corrected chi connectivity index (χ1v) is 6.90. The number of amides is 1. The van der Waals surface area contributed by atoms with Crippen LogP contribution < -0.4 is 5.32 Å². The molecule has 1 N–H and O–H groups in total. The molecule has 0 saturated carbocycles. The number of methoxy groups -OCH3 is 1. The molecule has 1 rings (SSSR count). The average Bonchev–Trinajstić information content (AvgIpc) is 2.88. The normalized spacial score (nSPS) is 19.7. The van der Waals surface area contributed by atoms with E-state index in [0.29, 0.717) is 19.6 Å². The molecule has 1 saturated heterocycles. The van der Waals surface area contributed by atoms with Crippen LogP contribution in [0.25, 0.3) is 0 Å². The van der Waals surface area contributed by atoms with E-state index in [1.807, 2.05) is 0 Å². The van der Waals surface area contributed by atoms with Crippen molar-refractivity contribution in [1.29, 1.82) is 0 Å². The molecule has 1 aliphatic heterocycles. The minimum Gasteiger partial charge on any atom is -0.467 e. The fraction of sp³-hybridized carbons (Fsp3) is 0.786. The molecule has 0 aliphatic carbocycles. The van der Waals surface area contributed by atoms with E-state index in [4.69, 9.17) is 9.47 Å². The molecular formula is C14H23NO6. The molecule has 7 heteroatoms. The number of hydrogen-bond acceptors (Lipinski definition) is 6. The highest BCUT2D eigenvalue weighted by Crippen LogP contribution is 2.14. The van der Waals surface area contributed by atoms with E-state index in [-0.39, 0.29) is 18.2 Å². The van der Waals surface area contributed by atoms with Crippen LogP contribution in [0.2, 0.25) is 0 Å². The van der Waals surface area contributed by atoms with Crippen LogP contribution in [0, 0.1) is 5.92 Å². The fourth-order valence-electron chi connectivity index (χ4n) is 1.92. The summed E-state index contributed by atoms with van der Waals surface area (Å²) in [7, 11) is 1.20. The highest BCUT2D eigenvalue weighted by Gasteiger charge is 2.31. The maximum Gasteiger partial charge on any atom is 0.328 e. The maximum atomic E-state index is 12.0. The number of nitrogens with one attached hydrogen (secondary N) is 1. The summed E-state index contributed by atoms with van der Waals surface area (Å²) < 4.78 is 14.9. The highest BCUT2D eigenvalue weighted by molar-refractivity contribution is 5.89. The van der Waals surface area contributed by atoms with Gasteiger partial charge in [-0.2, -0.15) is 0 Å². The Morgan fingerprint density at radius 2 is 2.00 bits per heavy atom. The summed E-state index contributed by atoms with van der Waals surface area (Å²) in [6.07, 6.45) is 0.343. The molecule has 7 nitrogen and oxygen atoms in total. The van der Waals surface area contributed by atoms with Gasteiger partial charge in [-0.1, -0.05) is 0 Å². The molecule has 0 radical (unpaired) electrons. The van der Waals surface area contributed by atoms with E-state index in [2.05, 4.69) is 10.1 Å². The van der Waals surface area contributed by atoms with Gasteiger partial charge < -0.3 is 19.5 Å². The van der Waals surface area contributed by atoms with E-state index < -0.39 is 23.6 Å². The van der Waals surface area contributed by atoms with Crippen LogP contribution in [0.15, 0.2) is 0 Å². The van der Waals surface area contributed by atoms with Gasteiger partial charge in [0, 0.05) is 6.61 Å². The van der Waals surface area contributed by atoms with Gasteiger partial charge in [0.1, 0.15) is 11.6 Å². The first kappa shape index (κ1) is 17.4. The first-order valence-electron chi connectivity index (χ1n) is 6.90. The van der Waals surface area contributed by atoms with Crippen LogP contribution in [-0.4, -0.2) is 49.8 Å². The highest BCUT2D eigenvalue weighted by atomic mass is 16.6. The monoisotopic (exact) mass is 301 g/mol. The standard InChI is InChI=1S/C14H23NO6/c1-14(2,3)21-11(16)7-10(13(18)19-4)15-12(17)9-5-6-20-8-9/h9-10H,5-8H2,1-4H3,(H,15,17)/t9-,10+/m1/s1. The van der Waals surface area contributed by atoms with Gasteiger partial charge in [-0.05, 0) is 27.2 Å². The van der Waals surface area contributed by atoms with Crippen LogP contribution in [0.5, 0.6) is 0 Å². The van der Waals surface area contributed by atoms with E-state index in [1.54, 1.807) is 20.8 Å². The zero-order valence-corrected chi connectivity index (χ0v) is 12.9. The summed E-state index contributed by atoms with van der Waals surface area (Å²) in [5, 5.41) is 2.53. The van der Waals surface area contributed by atoms with Crippen molar-refractivity contribution in [2.24, 2.45) is 5.92 Å². The van der Waals surface area contributed by atoms with Crippen molar-refractivity contribution >= 4 is 17.8 Å². The van der Waals surface area contributed by atoms with Gasteiger partial charge in [-0.3, -0.25) is 9.59 Å². The van der Waals surface area contributed by atoms with Gasteiger partial charge in [0.2, 0.25) is 5.91 Å². The lowest BCUT2D eigenvalue weighted by Gasteiger charge is -2.22. The largest absolute Gasteiger partial charge is 0.467 e. The van der Waals surface area contributed by atoms with Gasteiger partial charge in [-0.15, -0.1) is 0 Å². The van der Waals surface area contributed by atoms with E-state index >= 15 is 0 Å². The third-order valence-corrected chi connectivity index (χ3v) is 2.89. The smallest absolute Gasteiger partial charge is 0.328 e. The van der Waals surface area contributed by atoms with Crippen LogP contribution in [0.4, 0.5) is 0 Å².